The van der Waals surface area contributed by atoms with E-state index in [4.69, 9.17) is 0 Å². The first kappa shape index (κ1) is 16.6. The fraction of sp³-hybridized carbons (Fsp3) is 0. The first-order chi connectivity index (χ1) is 10.4. The third-order valence-corrected chi connectivity index (χ3v) is 3.81. The SMILES string of the molecule is O=C(OOC(=O)c1ccc(F)cc1Br)c1ccc(F)cc1Br. The van der Waals surface area contributed by atoms with Crippen LogP contribution >= 0.6 is 31.9 Å². The Hall–Kier alpha value is -1.80. The molecule has 22 heavy (non-hydrogen) atoms. The highest BCUT2D eigenvalue weighted by molar-refractivity contribution is 9.10. The maximum Gasteiger partial charge on any atom is 0.387 e. The van der Waals surface area contributed by atoms with Gasteiger partial charge in [0.05, 0.1) is 11.1 Å². The second-order valence-electron chi connectivity index (χ2n) is 3.99. The normalized spacial score (nSPS) is 10.2. The van der Waals surface area contributed by atoms with E-state index in [1.165, 1.54) is 12.1 Å². The number of hydrogen-bond acceptors (Lipinski definition) is 4. The van der Waals surface area contributed by atoms with Gasteiger partial charge in [-0.3, -0.25) is 0 Å². The number of carbonyl (C=O) groups is 2. The molecule has 2 aromatic carbocycles. The molecular formula is C14H6Br2F2O4. The number of hydrogen-bond donors (Lipinski definition) is 0. The van der Waals surface area contributed by atoms with E-state index in [2.05, 4.69) is 41.6 Å². The summed E-state index contributed by atoms with van der Waals surface area (Å²) in [4.78, 5) is 32.2. The Morgan fingerprint density at radius 1 is 0.773 bits per heavy atom. The largest absolute Gasteiger partial charge is 0.387 e. The fourth-order valence-corrected chi connectivity index (χ4v) is 2.50. The Bertz CT molecular complexity index is 686. The average Bonchev–Trinajstić information content (AvgIpc) is 2.44. The van der Waals surface area contributed by atoms with Gasteiger partial charge >= 0.3 is 11.9 Å². The van der Waals surface area contributed by atoms with Gasteiger partial charge in [0, 0.05) is 8.95 Å². The van der Waals surface area contributed by atoms with E-state index in [1.807, 2.05) is 0 Å². The summed E-state index contributed by atoms with van der Waals surface area (Å²) in [5.74, 6) is -3.07. The van der Waals surface area contributed by atoms with Crippen LogP contribution < -0.4 is 0 Å². The lowest BCUT2D eigenvalue weighted by Gasteiger charge is -2.06. The Morgan fingerprint density at radius 3 is 1.45 bits per heavy atom. The van der Waals surface area contributed by atoms with Crippen molar-refractivity contribution in [3.05, 3.63) is 68.1 Å². The van der Waals surface area contributed by atoms with Crippen LogP contribution in [0.15, 0.2) is 45.3 Å². The highest BCUT2D eigenvalue weighted by atomic mass is 79.9. The van der Waals surface area contributed by atoms with Crippen molar-refractivity contribution in [1.29, 1.82) is 0 Å². The third-order valence-electron chi connectivity index (χ3n) is 2.50. The highest BCUT2D eigenvalue weighted by Crippen LogP contribution is 2.21. The maximum atomic E-state index is 12.9. The van der Waals surface area contributed by atoms with Crippen molar-refractivity contribution in [2.24, 2.45) is 0 Å². The molecule has 4 nitrogen and oxygen atoms in total. The van der Waals surface area contributed by atoms with Crippen LogP contribution in [0.1, 0.15) is 20.7 Å². The average molecular weight is 436 g/mol. The summed E-state index contributed by atoms with van der Waals surface area (Å²) in [5, 5.41) is 0. The summed E-state index contributed by atoms with van der Waals surface area (Å²) in [6.07, 6.45) is 0. The molecule has 0 radical (unpaired) electrons. The zero-order chi connectivity index (χ0) is 16.3. The molecule has 8 heteroatoms. The van der Waals surface area contributed by atoms with Crippen LogP contribution in [0.3, 0.4) is 0 Å². The van der Waals surface area contributed by atoms with Crippen molar-refractivity contribution in [2.45, 2.75) is 0 Å². The summed E-state index contributed by atoms with van der Waals surface area (Å²) >= 11 is 5.98. The van der Waals surface area contributed by atoms with Crippen LogP contribution in [0, 0.1) is 11.6 Å². The van der Waals surface area contributed by atoms with E-state index in [0.29, 0.717) is 0 Å². The minimum absolute atomic E-state index is 0.0210. The summed E-state index contributed by atoms with van der Waals surface area (Å²) in [5.41, 5.74) is -0.0419. The molecule has 0 bridgehead atoms. The molecule has 0 aliphatic rings. The first-order valence-electron chi connectivity index (χ1n) is 5.72. The van der Waals surface area contributed by atoms with Crippen LogP contribution in [-0.4, -0.2) is 11.9 Å². The van der Waals surface area contributed by atoms with E-state index in [1.54, 1.807) is 0 Å². The van der Waals surface area contributed by atoms with Crippen molar-refractivity contribution in [3.63, 3.8) is 0 Å². The van der Waals surface area contributed by atoms with Gasteiger partial charge in [0.2, 0.25) is 0 Å². The lowest BCUT2D eigenvalue weighted by Crippen LogP contribution is -2.13. The molecule has 2 rings (SSSR count). The number of carbonyl (C=O) groups excluding carboxylic acids is 2. The molecule has 0 atom stereocenters. The second-order valence-corrected chi connectivity index (χ2v) is 5.70. The smallest absolute Gasteiger partial charge is 0.241 e. The minimum Gasteiger partial charge on any atom is -0.241 e. The van der Waals surface area contributed by atoms with Gasteiger partial charge in [-0.1, -0.05) is 0 Å². The third kappa shape index (κ3) is 3.89. The van der Waals surface area contributed by atoms with E-state index >= 15 is 0 Å². The fourth-order valence-electron chi connectivity index (χ4n) is 1.48. The van der Waals surface area contributed by atoms with E-state index < -0.39 is 23.6 Å². The van der Waals surface area contributed by atoms with Crippen molar-refractivity contribution < 1.29 is 28.1 Å². The van der Waals surface area contributed by atoms with E-state index in [9.17, 15) is 18.4 Å². The standard InChI is InChI=1S/C14H6Br2F2O4/c15-11-5-7(17)1-3-9(11)13(19)21-22-14(20)10-4-2-8(18)6-12(10)16/h1-6H. The molecule has 114 valence electrons. The summed E-state index contributed by atoms with van der Waals surface area (Å²) in [6.45, 7) is 0. The van der Waals surface area contributed by atoms with Gasteiger partial charge in [-0.2, -0.15) is 0 Å². The second kappa shape index (κ2) is 6.97. The molecule has 0 N–H and O–H groups in total. The molecule has 0 amide bonds. The van der Waals surface area contributed by atoms with Gasteiger partial charge in [0.25, 0.3) is 0 Å². The molecule has 0 heterocycles. The Balaban J connectivity index is 2.06. The van der Waals surface area contributed by atoms with Crippen molar-refractivity contribution in [2.75, 3.05) is 0 Å². The van der Waals surface area contributed by atoms with Gasteiger partial charge in [0.15, 0.2) is 0 Å². The maximum absolute atomic E-state index is 12.9. The Morgan fingerprint density at radius 2 is 1.14 bits per heavy atom. The summed E-state index contributed by atoms with van der Waals surface area (Å²) in [6, 6.07) is 6.58. The molecule has 2 aromatic rings. The molecule has 0 saturated heterocycles. The molecule has 0 aliphatic carbocycles. The predicted molar refractivity (Wildman–Crippen MR) is 79.0 cm³/mol. The van der Waals surface area contributed by atoms with Gasteiger partial charge < -0.3 is 0 Å². The van der Waals surface area contributed by atoms with Crippen LogP contribution in [0.2, 0.25) is 0 Å². The lowest BCUT2D eigenvalue weighted by atomic mass is 10.2. The molecular weight excluding hydrogens is 430 g/mol. The van der Waals surface area contributed by atoms with Gasteiger partial charge in [0.1, 0.15) is 11.6 Å². The molecule has 0 aliphatic heterocycles. The molecule has 0 aromatic heterocycles. The predicted octanol–water partition coefficient (Wildman–Crippen LogP) is 4.42. The van der Waals surface area contributed by atoms with E-state index in [0.717, 1.165) is 24.3 Å². The van der Waals surface area contributed by atoms with Gasteiger partial charge in [-0.05, 0) is 68.3 Å². The zero-order valence-corrected chi connectivity index (χ0v) is 13.8. The minimum atomic E-state index is -0.988. The van der Waals surface area contributed by atoms with Crippen molar-refractivity contribution in [3.8, 4) is 0 Å². The number of rotatable bonds is 2. The molecule has 0 saturated carbocycles. The number of halogens is 4. The van der Waals surface area contributed by atoms with Gasteiger partial charge in [-0.25, -0.2) is 28.1 Å². The molecule has 0 fully saturated rings. The summed E-state index contributed by atoms with van der Waals surface area (Å²) in [7, 11) is 0. The lowest BCUT2D eigenvalue weighted by molar-refractivity contribution is -0.187. The monoisotopic (exact) mass is 434 g/mol. The zero-order valence-electron chi connectivity index (χ0n) is 10.6. The molecule has 0 spiro atoms. The topological polar surface area (TPSA) is 52.6 Å². The highest BCUT2D eigenvalue weighted by Gasteiger charge is 2.18. The molecule has 0 unspecified atom stereocenters. The number of benzene rings is 2. The Labute approximate surface area is 140 Å². The van der Waals surface area contributed by atoms with Crippen molar-refractivity contribution >= 4 is 43.8 Å². The summed E-state index contributed by atoms with van der Waals surface area (Å²) < 4.78 is 26.1. The quantitative estimate of drug-likeness (QED) is 0.517. The van der Waals surface area contributed by atoms with Gasteiger partial charge in [-0.15, -0.1) is 0 Å². The van der Waals surface area contributed by atoms with Crippen LogP contribution in [0.25, 0.3) is 0 Å². The van der Waals surface area contributed by atoms with Crippen molar-refractivity contribution in [1.82, 2.24) is 0 Å². The van der Waals surface area contributed by atoms with Crippen LogP contribution in [-0.2, 0) is 9.78 Å². The van der Waals surface area contributed by atoms with E-state index in [-0.39, 0.29) is 20.1 Å². The van der Waals surface area contributed by atoms with Crippen LogP contribution in [0.5, 0.6) is 0 Å². The first-order valence-corrected chi connectivity index (χ1v) is 7.30. The van der Waals surface area contributed by atoms with Crippen LogP contribution in [0.4, 0.5) is 8.78 Å². The Kier molecular flexibility index (Phi) is 5.25.